The van der Waals surface area contributed by atoms with Crippen LogP contribution >= 0.6 is 11.3 Å². The molecule has 2 aromatic rings. The highest BCUT2D eigenvalue weighted by Crippen LogP contribution is 2.34. The first kappa shape index (κ1) is 9.66. The fourth-order valence-electron chi connectivity index (χ4n) is 1.38. The molecule has 2 heteroatoms. The van der Waals surface area contributed by atoms with Gasteiger partial charge in [0.1, 0.15) is 5.82 Å². The van der Waals surface area contributed by atoms with Crippen LogP contribution in [0.25, 0.3) is 10.1 Å². The monoisotopic (exact) mass is 208 g/mol. The van der Waals surface area contributed by atoms with Crippen molar-refractivity contribution in [1.29, 1.82) is 0 Å². The molecule has 14 heavy (non-hydrogen) atoms. The van der Waals surface area contributed by atoms with E-state index in [2.05, 4.69) is 26.8 Å². The van der Waals surface area contributed by atoms with Gasteiger partial charge in [0, 0.05) is 9.58 Å². The van der Waals surface area contributed by atoms with E-state index in [0.29, 0.717) is 0 Å². The Labute approximate surface area is 87.4 Å². The van der Waals surface area contributed by atoms with Gasteiger partial charge in [-0.05, 0) is 35.1 Å². The zero-order valence-electron chi connectivity index (χ0n) is 8.60. The number of hydrogen-bond donors (Lipinski definition) is 0. The molecule has 0 saturated carbocycles. The van der Waals surface area contributed by atoms with Gasteiger partial charge >= 0.3 is 0 Å². The minimum Gasteiger partial charge on any atom is -0.207 e. The van der Waals surface area contributed by atoms with Crippen molar-refractivity contribution >= 4 is 21.4 Å². The molecule has 0 saturated heterocycles. The molecule has 0 unspecified atom stereocenters. The molecular weight excluding hydrogens is 195 g/mol. The van der Waals surface area contributed by atoms with Crippen LogP contribution in [0.5, 0.6) is 0 Å². The van der Waals surface area contributed by atoms with E-state index in [1.54, 1.807) is 17.4 Å². The minimum atomic E-state index is -0.157. The maximum atomic E-state index is 12.9. The number of halogens is 1. The summed E-state index contributed by atoms with van der Waals surface area (Å²) in [6.45, 7) is 6.52. The number of hydrogen-bond acceptors (Lipinski definition) is 1. The molecule has 1 aromatic carbocycles. The maximum absolute atomic E-state index is 12.9. The van der Waals surface area contributed by atoms with Crippen LogP contribution in [0.3, 0.4) is 0 Å². The van der Waals surface area contributed by atoms with E-state index in [1.807, 2.05) is 6.07 Å². The van der Waals surface area contributed by atoms with Crippen LogP contribution in [0, 0.1) is 5.82 Å². The molecule has 0 spiro atoms. The lowest BCUT2D eigenvalue weighted by Gasteiger charge is -2.14. The molecule has 0 bridgehead atoms. The highest BCUT2D eigenvalue weighted by atomic mass is 32.1. The van der Waals surface area contributed by atoms with E-state index in [0.717, 1.165) is 10.1 Å². The first-order valence-corrected chi connectivity index (χ1v) is 5.48. The molecule has 0 aliphatic heterocycles. The summed E-state index contributed by atoms with van der Waals surface area (Å²) in [5.41, 5.74) is 0.153. The Morgan fingerprint density at radius 2 is 1.86 bits per heavy atom. The first-order valence-electron chi connectivity index (χ1n) is 4.66. The third kappa shape index (κ3) is 1.67. The SMILES string of the molecule is CC(C)(C)c1cc2cc(F)ccc2s1. The molecule has 0 N–H and O–H groups in total. The molecule has 0 atom stereocenters. The predicted octanol–water partition coefficient (Wildman–Crippen LogP) is 4.34. The van der Waals surface area contributed by atoms with Crippen LogP contribution < -0.4 is 0 Å². The Balaban J connectivity index is 2.63. The van der Waals surface area contributed by atoms with Crippen molar-refractivity contribution in [2.24, 2.45) is 0 Å². The molecule has 1 heterocycles. The lowest BCUT2D eigenvalue weighted by Crippen LogP contribution is -2.07. The average Bonchev–Trinajstić information content (AvgIpc) is 2.45. The average molecular weight is 208 g/mol. The molecule has 0 aliphatic rings. The van der Waals surface area contributed by atoms with Gasteiger partial charge in [0.25, 0.3) is 0 Å². The minimum absolute atomic E-state index is 0.153. The summed E-state index contributed by atoms with van der Waals surface area (Å²) in [5.74, 6) is -0.157. The van der Waals surface area contributed by atoms with Gasteiger partial charge in [-0.2, -0.15) is 0 Å². The Bertz CT molecular complexity index is 463. The second kappa shape index (κ2) is 3.06. The fraction of sp³-hybridized carbons (Fsp3) is 0.333. The first-order chi connectivity index (χ1) is 6.47. The van der Waals surface area contributed by atoms with Gasteiger partial charge in [-0.1, -0.05) is 20.8 Å². The molecule has 0 nitrogen and oxygen atoms in total. The summed E-state index contributed by atoms with van der Waals surface area (Å²) in [6, 6.07) is 7.06. The van der Waals surface area contributed by atoms with E-state index in [4.69, 9.17) is 0 Å². The maximum Gasteiger partial charge on any atom is 0.123 e. The van der Waals surface area contributed by atoms with Crippen LogP contribution in [0.4, 0.5) is 4.39 Å². The van der Waals surface area contributed by atoms with Crippen LogP contribution in [0.2, 0.25) is 0 Å². The molecule has 2 rings (SSSR count). The molecule has 1 aromatic heterocycles. The Morgan fingerprint density at radius 1 is 1.14 bits per heavy atom. The molecule has 74 valence electrons. The third-order valence-electron chi connectivity index (χ3n) is 2.22. The zero-order valence-corrected chi connectivity index (χ0v) is 9.41. The number of thiophene rings is 1. The Kier molecular flexibility index (Phi) is 2.11. The van der Waals surface area contributed by atoms with Crippen LogP contribution in [-0.4, -0.2) is 0 Å². The van der Waals surface area contributed by atoms with E-state index in [9.17, 15) is 4.39 Å². The quantitative estimate of drug-likeness (QED) is 0.604. The Morgan fingerprint density at radius 3 is 2.50 bits per heavy atom. The molecular formula is C12H13FS. The lowest BCUT2D eigenvalue weighted by molar-refractivity contribution is 0.604. The summed E-state index contributed by atoms with van der Waals surface area (Å²) < 4.78 is 14.1. The van der Waals surface area contributed by atoms with Gasteiger partial charge in [-0.25, -0.2) is 4.39 Å². The number of benzene rings is 1. The van der Waals surface area contributed by atoms with Gasteiger partial charge in [0.15, 0.2) is 0 Å². The zero-order chi connectivity index (χ0) is 10.3. The van der Waals surface area contributed by atoms with Crippen molar-refractivity contribution < 1.29 is 4.39 Å². The van der Waals surface area contributed by atoms with Crippen LogP contribution in [-0.2, 0) is 5.41 Å². The largest absolute Gasteiger partial charge is 0.207 e. The second-order valence-corrected chi connectivity index (χ2v) is 5.63. The third-order valence-corrected chi connectivity index (χ3v) is 3.76. The lowest BCUT2D eigenvalue weighted by atomic mass is 9.94. The fourth-order valence-corrected chi connectivity index (χ4v) is 2.48. The van der Waals surface area contributed by atoms with Gasteiger partial charge in [0.05, 0.1) is 0 Å². The molecule has 0 fully saturated rings. The van der Waals surface area contributed by atoms with Crippen molar-refractivity contribution in [3.05, 3.63) is 35.0 Å². The summed E-state index contributed by atoms with van der Waals surface area (Å²) in [4.78, 5) is 1.30. The smallest absolute Gasteiger partial charge is 0.123 e. The van der Waals surface area contributed by atoms with E-state index in [-0.39, 0.29) is 11.2 Å². The summed E-state index contributed by atoms with van der Waals surface area (Å²) in [6.07, 6.45) is 0. The standard InChI is InChI=1S/C12H13FS/c1-12(2,3)11-7-8-6-9(13)4-5-10(8)14-11/h4-7H,1-3H3. The van der Waals surface area contributed by atoms with Crippen molar-refractivity contribution in [3.8, 4) is 0 Å². The number of fused-ring (bicyclic) bond motifs is 1. The normalized spacial score (nSPS) is 12.3. The van der Waals surface area contributed by atoms with E-state index in [1.165, 1.54) is 10.9 Å². The summed E-state index contributed by atoms with van der Waals surface area (Å²) in [5, 5.41) is 1.01. The summed E-state index contributed by atoms with van der Waals surface area (Å²) in [7, 11) is 0. The van der Waals surface area contributed by atoms with Crippen molar-refractivity contribution in [2.45, 2.75) is 26.2 Å². The van der Waals surface area contributed by atoms with Crippen LogP contribution in [0.15, 0.2) is 24.3 Å². The number of rotatable bonds is 0. The van der Waals surface area contributed by atoms with E-state index >= 15 is 0 Å². The van der Waals surface area contributed by atoms with Crippen LogP contribution in [0.1, 0.15) is 25.6 Å². The molecule has 0 amide bonds. The van der Waals surface area contributed by atoms with Crippen molar-refractivity contribution in [3.63, 3.8) is 0 Å². The molecule has 0 radical (unpaired) electrons. The van der Waals surface area contributed by atoms with Gasteiger partial charge in [-0.15, -0.1) is 11.3 Å². The van der Waals surface area contributed by atoms with Crippen molar-refractivity contribution in [1.82, 2.24) is 0 Å². The second-order valence-electron chi connectivity index (χ2n) is 4.54. The van der Waals surface area contributed by atoms with Gasteiger partial charge in [-0.3, -0.25) is 0 Å². The predicted molar refractivity (Wildman–Crippen MR) is 60.5 cm³/mol. The molecule has 0 aliphatic carbocycles. The highest BCUT2D eigenvalue weighted by molar-refractivity contribution is 7.19. The topological polar surface area (TPSA) is 0 Å². The van der Waals surface area contributed by atoms with E-state index < -0.39 is 0 Å². The van der Waals surface area contributed by atoms with Crippen molar-refractivity contribution in [2.75, 3.05) is 0 Å². The van der Waals surface area contributed by atoms with Gasteiger partial charge in [0.2, 0.25) is 0 Å². The highest BCUT2D eigenvalue weighted by Gasteiger charge is 2.16. The summed E-state index contributed by atoms with van der Waals surface area (Å²) >= 11 is 1.75. The van der Waals surface area contributed by atoms with Gasteiger partial charge < -0.3 is 0 Å². The Hall–Kier alpha value is -0.890.